The molecule has 1 saturated heterocycles. The van der Waals surface area contributed by atoms with E-state index in [1.54, 1.807) is 0 Å². The van der Waals surface area contributed by atoms with Crippen LogP contribution >= 0.6 is 0 Å². The molecular formula is C16H25N3O2. The topological polar surface area (TPSA) is 67.6 Å². The number of rotatable bonds is 5. The van der Waals surface area contributed by atoms with Gasteiger partial charge in [-0.2, -0.15) is 0 Å². The molecule has 1 fully saturated rings. The molecule has 1 heterocycles. The van der Waals surface area contributed by atoms with Crippen molar-refractivity contribution < 1.29 is 9.53 Å². The number of carbonyl (C=O) groups excluding carboxylic acids is 1. The van der Waals surface area contributed by atoms with Crippen LogP contribution < -0.4 is 11.3 Å². The van der Waals surface area contributed by atoms with Crippen molar-refractivity contribution in [3.05, 3.63) is 29.3 Å². The number of aryl methyl sites for hydroxylation is 1. The first-order valence-electron chi connectivity index (χ1n) is 7.63. The molecule has 0 spiro atoms. The molecule has 0 radical (unpaired) electrons. The van der Waals surface area contributed by atoms with Gasteiger partial charge in [-0.05, 0) is 38.3 Å². The first kappa shape index (κ1) is 15.8. The Morgan fingerprint density at radius 3 is 3.05 bits per heavy atom. The molecule has 5 nitrogen and oxygen atoms in total. The van der Waals surface area contributed by atoms with E-state index in [1.165, 1.54) is 0 Å². The summed E-state index contributed by atoms with van der Waals surface area (Å²) < 4.78 is 5.79. The maximum absolute atomic E-state index is 12.7. The molecule has 1 aliphatic rings. The van der Waals surface area contributed by atoms with E-state index in [0.29, 0.717) is 17.8 Å². The van der Waals surface area contributed by atoms with Gasteiger partial charge < -0.3 is 15.1 Å². The zero-order valence-corrected chi connectivity index (χ0v) is 12.9. The van der Waals surface area contributed by atoms with Crippen molar-refractivity contribution >= 4 is 11.6 Å². The fraction of sp³-hybridized carbons (Fsp3) is 0.562. The molecule has 5 heteroatoms. The van der Waals surface area contributed by atoms with E-state index in [4.69, 9.17) is 10.6 Å². The maximum Gasteiger partial charge on any atom is 0.256 e. The van der Waals surface area contributed by atoms with E-state index >= 15 is 0 Å². The summed E-state index contributed by atoms with van der Waals surface area (Å²) >= 11 is 0. The molecule has 2 rings (SSSR count). The summed E-state index contributed by atoms with van der Waals surface area (Å²) in [6.07, 6.45) is 3.17. The molecule has 1 aliphatic heterocycles. The third-order valence-corrected chi connectivity index (χ3v) is 3.78. The molecule has 1 aromatic carbocycles. The van der Waals surface area contributed by atoms with Crippen LogP contribution in [0.25, 0.3) is 0 Å². The van der Waals surface area contributed by atoms with Gasteiger partial charge >= 0.3 is 0 Å². The van der Waals surface area contributed by atoms with Crippen LogP contribution in [0.5, 0.6) is 0 Å². The van der Waals surface area contributed by atoms with E-state index < -0.39 is 0 Å². The molecule has 0 saturated carbocycles. The summed E-state index contributed by atoms with van der Waals surface area (Å²) in [5.74, 6) is 5.54. The van der Waals surface area contributed by atoms with Crippen LogP contribution in [0.1, 0.15) is 42.1 Å². The number of piperidine rings is 1. The molecule has 0 bridgehead atoms. The van der Waals surface area contributed by atoms with Crippen molar-refractivity contribution in [2.24, 2.45) is 5.84 Å². The Kier molecular flexibility index (Phi) is 5.59. The Morgan fingerprint density at radius 1 is 1.52 bits per heavy atom. The third kappa shape index (κ3) is 3.95. The molecule has 3 N–H and O–H groups in total. The standard InChI is InChI=1S/C16H25N3O2/c1-3-9-21-13-5-4-8-19(11-13)16(20)14-10-12(2)6-7-15(14)18-17/h6-7,10,13,18H,3-5,8-9,11,17H2,1-2H3. The van der Waals surface area contributed by atoms with E-state index in [-0.39, 0.29) is 12.0 Å². The summed E-state index contributed by atoms with van der Waals surface area (Å²) in [5, 5.41) is 0. The minimum absolute atomic E-state index is 0.0245. The van der Waals surface area contributed by atoms with Crippen molar-refractivity contribution in [1.82, 2.24) is 4.90 Å². The van der Waals surface area contributed by atoms with Gasteiger partial charge in [0.2, 0.25) is 0 Å². The number of hydrogen-bond donors (Lipinski definition) is 2. The van der Waals surface area contributed by atoms with Crippen LogP contribution in [-0.4, -0.2) is 36.6 Å². The number of hydrazine groups is 1. The SMILES string of the molecule is CCCOC1CCCN(C(=O)c2cc(C)ccc2NN)C1. The predicted octanol–water partition coefficient (Wildman–Crippen LogP) is 2.31. The highest BCUT2D eigenvalue weighted by molar-refractivity contribution is 5.99. The minimum atomic E-state index is 0.0245. The Morgan fingerprint density at radius 2 is 2.33 bits per heavy atom. The Hall–Kier alpha value is -1.59. The zero-order chi connectivity index (χ0) is 15.2. The molecule has 1 atom stereocenters. The minimum Gasteiger partial charge on any atom is -0.376 e. The van der Waals surface area contributed by atoms with Gasteiger partial charge in [-0.1, -0.05) is 18.6 Å². The zero-order valence-electron chi connectivity index (χ0n) is 12.9. The van der Waals surface area contributed by atoms with E-state index in [2.05, 4.69) is 12.3 Å². The van der Waals surface area contributed by atoms with E-state index in [1.807, 2.05) is 30.0 Å². The van der Waals surface area contributed by atoms with Gasteiger partial charge in [-0.3, -0.25) is 10.6 Å². The summed E-state index contributed by atoms with van der Waals surface area (Å²) in [6.45, 7) is 6.27. The number of nitrogen functional groups attached to an aromatic ring is 1. The molecule has 1 aromatic rings. The number of nitrogens with two attached hydrogens (primary N) is 1. The summed E-state index contributed by atoms with van der Waals surface area (Å²) in [4.78, 5) is 14.6. The normalized spacial score (nSPS) is 18.6. The quantitative estimate of drug-likeness (QED) is 0.645. The number of likely N-dealkylation sites (tertiary alicyclic amines) is 1. The highest BCUT2D eigenvalue weighted by Crippen LogP contribution is 2.21. The van der Waals surface area contributed by atoms with Crippen molar-refractivity contribution in [1.29, 1.82) is 0 Å². The third-order valence-electron chi connectivity index (χ3n) is 3.78. The second kappa shape index (κ2) is 7.43. The van der Waals surface area contributed by atoms with Crippen LogP contribution in [0.4, 0.5) is 5.69 Å². The van der Waals surface area contributed by atoms with E-state index in [9.17, 15) is 4.79 Å². The lowest BCUT2D eigenvalue weighted by molar-refractivity contribution is 0.00214. The Labute approximate surface area is 126 Å². The molecular weight excluding hydrogens is 266 g/mol. The number of anilines is 1. The molecule has 116 valence electrons. The lowest BCUT2D eigenvalue weighted by Gasteiger charge is -2.33. The van der Waals surface area contributed by atoms with Crippen molar-refractivity contribution in [2.45, 2.75) is 39.2 Å². The fourth-order valence-corrected chi connectivity index (χ4v) is 2.67. The van der Waals surface area contributed by atoms with Crippen LogP contribution in [0.3, 0.4) is 0 Å². The summed E-state index contributed by atoms with van der Waals surface area (Å²) in [7, 11) is 0. The van der Waals surface area contributed by atoms with Gasteiger partial charge in [-0.25, -0.2) is 0 Å². The van der Waals surface area contributed by atoms with E-state index in [0.717, 1.165) is 38.0 Å². The largest absolute Gasteiger partial charge is 0.376 e. The maximum atomic E-state index is 12.7. The van der Waals surface area contributed by atoms with Crippen molar-refractivity contribution in [3.63, 3.8) is 0 Å². The summed E-state index contributed by atoms with van der Waals surface area (Å²) in [6, 6.07) is 5.67. The molecule has 0 aliphatic carbocycles. The lowest BCUT2D eigenvalue weighted by atomic mass is 10.0. The molecule has 21 heavy (non-hydrogen) atoms. The van der Waals surface area contributed by atoms with Crippen molar-refractivity contribution in [2.75, 3.05) is 25.1 Å². The van der Waals surface area contributed by atoms with Gasteiger partial charge in [0.05, 0.1) is 17.4 Å². The average Bonchev–Trinajstić information content (AvgIpc) is 2.52. The Bertz CT molecular complexity index is 490. The van der Waals surface area contributed by atoms with Gasteiger partial charge in [-0.15, -0.1) is 0 Å². The average molecular weight is 291 g/mol. The van der Waals surface area contributed by atoms with Crippen LogP contribution in [0.2, 0.25) is 0 Å². The van der Waals surface area contributed by atoms with Crippen LogP contribution in [-0.2, 0) is 4.74 Å². The molecule has 1 amide bonds. The monoisotopic (exact) mass is 291 g/mol. The highest BCUT2D eigenvalue weighted by Gasteiger charge is 2.26. The van der Waals surface area contributed by atoms with Crippen LogP contribution in [0, 0.1) is 6.92 Å². The predicted molar refractivity (Wildman–Crippen MR) is 84.2 cm³/mol. The number of ether oxygens (including phenoxy) is 1. The van der Waals surface area contributed by atoms with Crippen molar-refractivity contribution in [3.8, 4) is 0 Å². The smallest absolute Gasteiger partial charge is 0.256 e. The van der Waals surface area contributed by atoms with Gasteiger partial charge in [0, 0.05) is 19.7 Å². The molecule has 1 unspecified atom stereocenters. The number of hydrogen-bond acceptors (Lipinski definition) is 4. The first-order chi connectivity index (χ1) is 10.2. The molecule has 0 aromatic heterocycles. The number of amides is 1. The number of nitrogens with zero attached hydrogens (tertiary/aromatic N) is 1. The van der Waals surface area contributed by atoms with Gasteiger partial charge in [0.25, 0.3) is 5.91 Å². The number of carbonyl (C=O) groups is 1. The second-order valence-electron chi connectivity index (χ2n) is 5.58. The van der Waals surface area contributed by atoms with Crippen LogP contribution in [0.15, 0.2) is 18.2 Å². The summed E-state index contributed by atoms with van der Waals surface area (Å²) in [5.41, 5.74) is 4.96. The lowest BCUT2D eigenvalue weighted by Crippen LogP contribution is -2.43. The number of benzene rings is 1. The Balaban J connectivity index is 2.10. The fourth-order valence-electron chi connectivity index (χ4n) is 2.67. The number of nitrogens with one attached hydrogen (secondary N) is 1. The van der Waals surface area contributed by atoms with Gasteiger partial charge in [0.15, 0.2) is 0 Å². The highest BCUT2D eigenvalue weighted by atomic mass is 16.5. The van der Waals surface area contributed by atoms with Gasteiger partial charge in [0.1, 0.15) is 0 Å². The second-order valence-corrected chi connectivity index (χ2v) is 5.58. The first-order valence-corrected chi connectivity index (χ1v) is 7.63.